The van der Waals surface area contributed by atoms with E-state index in [4.69, 9.17) is 10.5 Å². The maximum atomic E-state index is 12.8. The van der Waals surface area contributed by atoms with Gasteiger partial charge in [0.05, 0.1) is 23.7 Å². The third-order valence-corrected chi connectivity index (χ3v) is 2.78. The number of halogens is 1. The van der Waals surface area contributed by atoms with Crippen LogP contribution in [-0.2, 0) is 4.74 Å². The summed E-state index contributed by atoms with van der Waals surface area (Å²) in [5, 5.41) is 2.54. The summed E-state index contributed by atoms with van der Waals surface area (Å²) >= 11 is 0. The molecule has 0 fully saturated rings. The van der Waals surface area contributed by atoms with Gasteiger partial charge in [-0.15, -0.1) is 0 Å². The van der Waals surface area contributed by atoms with Crippen molar-refractivity contribution in [1.29, 1.82) is 0 Å². The molecule has 0 aromatic heterocycles. The summed E-state index contributed by atoms with van der Waals surface area (Å²) in [4.78, 5) is 15.6. The molecule has 3 N–H and O–H groups in total. The average Bonchev–Trinajstić information content (AvgIpc) is 2.59. The molecule has 0 aliphatic carbocycles. The van der Waals surface area contributed by atoms with Crippen LogP contribution in [0, 0.1) is 5.82 Å². The highest BCUT2D eigenvalue weighted by molar-refractivity contribution is 5.90. The largest absolute Gasteiger partial charge is 0.450 e. The van der Waals surface area contributed by atoms with Gasteiger partial charge < -0.3 is 10.5 Å². The summed E-state index contributed by atoms with van der Waals surface area (Å²) in [6, 6.07) is 10.9. The second kappa shape index (κ2) is 9.99. The lowest BCUT2D eigenvalue weighted by Gasteiger charge is -2.08. The van der Waals surface area contributed by atoms with Crippen LogP contribution < -0.4 is 11.1 Å². The summed E-state index contributed by atoms with van der Waals surface area (Å²) in [6.45, 7) is 6.00. The van der Waals surface area contributed by atoms with E-state index in [0.717, 1.165) is 5.56 Å². The van der Waals surface area contributed by atoms with Crippen molar-refractivity contribution in [3.63, 3.8) is 0 Å². The third-order valence-electron chi connectivity index (χ3n) is 2.78. The van der Waals surface area contributed by atoms with Crippen molar-refractivity contribution in [2.75, 3.05) is 17.7 Å². The van der Waals surface area contributed by atoms with Crippen LogP contribution in [0.25, 0.3) is 0 Å². The molecule has 0 aliphatic heterocycles. The molecule has 0 radical (unpaired) electrons. The van der Waals surface area contributed by atoms with Gasteiger partial charge in [-0.05, 0) is 42.8 Å². The fraction of sp³-hybridized carbons (Fsp3) is 0.222. The number of carbonyl (C=O) groups is 1. The van der Waals surface area contributed by atoms with E-state index in [2.05, 4.69) is 10.3 Å². The highest BCUT2D eigenvalue weighted by Crippen LogP contribution is 2.24. The molecular weight excluding hydrogens is 309 g/mol. The molecule has 5 nitrogen and oxygen atoms in total. The van der Waals surface area contributed by atoms with E-state index in [0.29, 0.717) is 17.1 Å². The van der Waals surface area contributed by atoms with Gasteiger partial charge in [-0.3, -0.25) is 10.3 Å². The smallest absolute Gasteiger partial charge is 0.411 e. The number of nitrogen functional groups attached to an aromatic ring is 1. The molecule has 0 atom stereocenters. The first-order valence-electron chi connectivity index (χ1n) is 7.71. The highest BCUT2D eigenvalue weighted by Gasteiger charge is 2.05. The Balaban J connectivity index is 0.00000139. The predicted molar refractivity (Wildman–Crippen MR) is 96.5 cm³/mol. The molecule has 2 aromatic carbocycles. The predicted octanol–water partition coefficient (Wildman–Crippen LogP) is 4.75. The summed E-state index contributed by atoms with van der Waals surface area (Å²) in [7, 11) is 0. The molecule has 0 heterocycles. The number of nitrogens with two attached hydrogens (primary N) is 1. The fourth-order valence-electron chi connectivity index (χ4n) is 1.72. The number of benzene rings is 2. The minimum atomic E-state index is -0.559. The van der Waals surface area contributed by atoms with Crippen LogP contribution >= 0.6 is 0 Å². The van der Waals surface area contributed by atoms with E-state index >= 15 is 0 Å². The Morgan fingerprint density at radius 1 is 1.25 bits per heavy atom. The van der Waals surface area contributed by atoms with Crippen LogP contribution in [0.3, 0.4) is 0 Å². The van der Waals surface area contributed by atoms with Gasteiger partial charge in [0, 0.05) is 6.21 Å². The molecule has 0 bridgehead atoms. The molecule has 0 aliphatic rings. The SMILES string of the molecule is CC.CCOC(=O)Nc1ccc(N=Cc2ccc(F)cc2)cc1N. The van der Waals surface area contributed by atoms with E-state index < -0.39 is 6.09 Å². The summed E-state index contributed by atoms with van der Waals surface area (Å²) in [5.74, 6) is -0.296. The van der Waals surface area contributed by atoms with Crippen molar-refractivity contribution >= 4 is 29.4 Å². The van der Waals surface area contributed by atoms with Gasteiger partial charge >= 0.3 is 6.09 Å². The number of amides is 1. The molecule has 0 saturated heterocycles. The topological polar surface area (TPSA) is 76.7 Å². The van der Waals surface area contributed by atoms with Crippen LogP contribution in [0.15, 0.2) is 47.5 Å². The number of anilines is 2. The average molecular weight is 331 g/mol. The Labute approximate surface area is 141 Å². The Kier molecular flexibility index (Phi) is 7.98. The lowest BCUT2D eigenvalue weighted by atomic mass is 10.2. The van der Waals surface area contributed by atoms with Crippen molar-refractivity contribution < 1.29 is 13.9 Å². The normalized spacial score (nSPS) is 10.0. The van der Waals surface area contributed by atoms with Gasteiger partial charge in [0.1, 0.15) is 5.82 Å². The van der Waals surface area contributed by atoms with E-state index in [1.54, 1.807) is 43.5 Å². The Morgan fingerprint density at radius 3 is 2.50 bits per heavy atom. The van der Waals surface area contributed by atoms with E-state index in [-0.39, 0.29) is 12.4 Å². The van der Waals surface area contributed by atoms with Crippen molar-refractivity contribution in [3.8, 4) is 0 Å². The van der Waals surface area contributed by atoms with E-state index in [1.165, 1.54) is 12.1 Å². The maximum absolute atomic E-state index is 12.8. The number of rotatable bonds is 4. The standard InChI is InChI=1S/C16H16FN3O2.C2H6/c1-2-22-16(21)20-15-8-7-13(9-14(15)18)19-10-11-3-5-12(17)6-4-11;1-2/h3-10H,2,18H2,1H3,(H,20,21);1-2H3. The first-order valence-corrected chi connectivity index (χ1v) is 7.71. The zero-order valence-corrected chi connectivity index (χ0v) is 14.0. The van der Waals surface area contributed by atoms with Crippen LogP contribution in [0.4, 0.5) is 26.2 Å². The Hall–Kier alpha value is -2.89. The molecule has 1 amide bonds. The zero-order chi connectivity index (χ0) is 17.9. The number of carbonyl (C=O) groups excluding carboxylic acids is 1. The van der Waals surface area contributed by atoms with Gasteiger partial charge in [-0.25, -0.2) is 9.18 Å². The summed E-state index contributed by atoms with van der Waals surface area (Å²) in [6.07, 6.45) is 1.05. The van der Waals surface area contributed by atoms with Gasteiger partial charge in [0.2, 0.25) is 0 Å². The van der Waals surface area contributed by atoms with Crippen LogP contribution in [0.2, 0.25) is 0 Å². The Morgan fingerprint density at radius 2 is 1.92 bits per heavy atom. The third kappa shape index (κ3) is 6.08. The minimum absolute atomic E-state index is 0.284. The minimum Gasteiger partial charge on any atom is -0.450 e. The molecule has 24 heavy (non-hydrogen) atoms. The molecule has 0 saturated carbocycles. The Bertz CT molecular complexity index is 685. The van der Waals surface area contributed by atoms with Gasteiger partial charge in [0.25, 0.3) is 0 Å². The molecule has 0 spiro atoms. The first-order chi connectivity index (χ1) is 11.6. The molecule has 128 valence electrons. The second-order valence-corrected chi connectivity index (χ2v) is 4.43. The number of nitrogens with one attached hydrogen (secondary N) is 1. The van der Waals surface area contributed by atoms with Crippen molar-refractivity contribution in [2.24, 2.45) is 4.99 Å². The zero-order valence-electron chi connectivity index (χ0n) is 14.0. The van der Waals surface area contributed by atoms with Crippen LogP contribution in [-0.4, -0.2) is 18.9 Å². The van der Waals surface area contributed by atoms with E-state index in [1.807, 2.05) is 13.8 Å². The maximum Gasteiger partial charge on any atom is 0.411 e. The first kappa shape index (κ1) is 19.2. The van der Waals surface area contributed by atoms with Crippen molar-refractivity contribution in [2.45, 2.75) is 20.8 Å². The van der Waals surface area contributed by atoms with Crippen LogP contribution in [0.1, 0.15) is 26.3 Å². The number of nitrogens with zero attached hydrogens (tertiary/aromatic N) is 1. The molecular formula is C18H22FN3O2. The van der Waals surface area contributed by atoms with Gasteiger partial charge in [-0.1, -0.05) is 26.0 Å². The summed E-state index contributed by atoms with van der Waals surface area (Å²) < 4.78 is 17.6. The molecule has 0 unspecified atom stereocenters. The molecule has 6 heteroatoms. The van der Waals surface area contributed by atoms with E-state index in [9.17, 15) is 9.18 Å². The van der Waals surface area contributed by atoms with Gasteiger partial charge in [0.15, 0.2) is 0 Å². The number of hydrogen-bond acceptors (Lipinski definition) is 4. The number of aliphatic imine (C=N–C) groups is 1. The summed E-state index contributed by atoms with van der Waals surface area (Å²) in [5.41, 5.74) is 8.09. The lowest BCUT2D eigenvalue weighted by Crippen LogP contribution is -2.14. The molecule has 2 aromatic rings. The van der Waals surface area contributed by atoms with Crippen molar-refractivity contribution in [3.05, 3.63) is 53.8 Å². The number of ether oxygens (including phenoxy) is 1. The fourth-order valence-corrected chi connectivity index (χ4v) is 1.72. The second-order valence-electron chi connectivity index (χ2n) is 4.43. The quantitative estimate of drug-likeness (QED) is 0.627. The van der Waals surface area contributed by atoms with Crippen molar-refractivity contribution in [1.82, 2.24) is 0 Å². The highest BCUT2D eigenvalue weighted by atomic mass is 19.1. The van der Waals surface area contributed by atoms with Crippen LogP contribution in [0.5, 0.6) is 0 Å². The monoisotopic (exact) mass is 331 g/mol. The van der Waals surface area contributed by atoms with Gasteiger partial charge in [-0.2, -0.15) is 0 Å². The molecule has 2 rings (SSSR count). The number of hydrogen-bond donors (Lipinski definition) is 2. The lowest BCUT2D eigenvalue weighted by molar-refractivity contribution is 0.168.